The number of anilines is 2. The Hall–Kier alpha value is -4.70. The molecule has 0 aromatic heterocycles. The molecule has 0 unspecified atom stereocenters. The van der Waals surface area contributed by atoms with Crippen molar-refractivity contribution in [3.05, 3.63) is 144 Å². The van der Waals surface area contributed by atoms with Crippen LogP contribution >= 0.6 is 0 Å². The monoisotopic (exact) mass is 528 g/mol. The third-order valence-electron chi connectivity index (χ3n) is 7.64. The maximum absolute atomic E-state index is 6.51. The second-order valence-electron chi connectivity index (χ2n) is 11.1. The lowest BCUT2D eigenvalue weighted by molar-refractivity contribution is 0.456. The molecule has 0 aliphatic rings. The van der Waals surface area contributed by atoms with E-state index >= 15 is 0 Å². The van der Waals surface area contributed by atoms with Crippen LogP contribution in [-0.2, 0) is 10.8 Å². The van der Waals surface area contributed by atoms with Crippen LogP contribution in [0.3, 0.4) is 0 Å². The minimum atomic E-state index is -0.450. The number of nitrogen functional groups attached to an aromatic ring is 2. The molecule has 5 rings (SSSR count). The van der Waals surface area contributed by atoms with Crippen LogP contribution < -0.4 is 20.9 Å². The van der Waals surface area contributed by atoms with E-state index in [-0.39, 0.29) is 0 Å². The summed E-state index contributed by atoms with van der Waals surface area (Å²) in [6.45, 7) is 8.87. The number of nitrogens with two attached hydrogens (primary N) is 2. The molecule has 0 heterocycles. The minimum Gasteiger partial charge on any atom is -0.455 e. The highest BCUT2D eigenvalue weighted by molar-refractivity contribution is 5.65. The number of hydrogen-bond donors (Lipinski definition) is 2. The highest BCUT2D eigenvalue weighted by Crippen LogP contribution is 2.48. The van der Waals surface area contributed by atoms with E-state index in [9.17, 15) is 0 Å². The van der Waals surface area contributed by atoms with E-state index in [1.807, 2.05) is 84.9 Å². The van der Waals surface area contributed by atoms with E-state index in [1.165, 1.54) is 0 Å². The predicted molar refractivity (Wildman–Crippen MR) is 165 cm³/mol. The summed E-state index contributed by atoms with van der Waals surface area (Å²) >= 11 is 0. The maximum Gasteiger partial charge on any atom is 0.154 e. The molecular weight excluding hydrogens is 492 g/mol. The summed E-state index contributed by atoms with van der Waals surface area (Å²) in [6.07, 6.45) is 0. The van der Waals surface area contributed by atoms with Crippen LogP contribution in [0, 0.1) is 0 Å². The van der Waals surface area contributed by atoms with Crippen molar-refractivity contribution in [2.75, 3.05) is 11.5 Å². The molecule has 0 atom stereocenters. The van der Waals surface area contributed by atoms with Gasteiger partial charge in [0.15, 0.2) is 11.5 Å². The van der Waals surface area contributed by atoms with Crippen LogP contribution in [-0.4, -0.2) is 0 Å². The minimum absolute atomic E-state index is 0.450. The molecule has 0 fully saturated rings. The average Bonchev–Trinajstić information content (AvgIpc) is 2.96. The topological polar surface area (TPSA) is 70.5 Å². The van der Waals surface area contributed by atoms with Crippen LogP contribution in [0.1, 0.15) is 49.9 Å². The SMILES string of the molecule is CC(C)(c1ccccc1C(C)(C)c1cccc(N)c1Oc1ccccc1)c1cccc(N)c1Oc1ccccc1. The number of hydrogen-bond acceptors (Lipinski definition) is 4. The van der Waals surface area contributed by atoms with Gasteiger partial charge in [0, 0.05) is 22.0 Å². The molecule has 0 bridgehead atoms. The van der Waals surface area contributed by atoms with Gasteiger partial charge in [-0.25, -0.2) is 0 Å². The third-order valence-corrected chi connectivity index (χ3v) is 7.64. The van der Waals surface area contributed by atoms with Gasteiger partial charge in [-0.1, -0.05) is 113 Å². The van der Waals surface area contributed by atoms with Gasteiger partial charge in [0.25, 0.3) is 0 Å². The Kier molecular flexibility index (Phi) is 7.27. The van der Waals surface area contributed by atoms with Gasteiger partial charge in [0.1, 0.15) is 11.5 Å². The van der Waals surface area contributed by atoms with Crippen molar-refractivity contribution in [2.24, 2.45) is 0 Å². The lowest BCUT2D eigenvalue weighted by atomic mass is 9.68. The first-order valence-electron chi connectivity index (χ1n) is 13.5. The number of ether oxygens (including phenoxy) is 2. The van der Waals surface area contributed by atoms with Gasteiger partial charge in [-0.05, 0) is 47.5 Å². The zero-order valence-corrected chi connectivity index (χ0v) is 23.5. The summed E-state index contributed by atoms with van der Waals surface area (Å²) in [5.74, 6) is 2.83. The van der Waals surface area contributed by atoms with Gasteiger partial charge >= 0.3 is 0 Å². The first-order chi connectivity index (χ1) is 19.2. The Balaban J connectivity index is 1.63. The quantitative estimate of drug-likeness (QED) is 0.197. The first kappa shape index (κ1) is 26.9. The van der Waals surface area contributed by atoms with Crippen molar-refractivity contribution in [1.29, 1.82) is 0 Å². The largest absolute Gasteiger partial charge is 0.455 e. The molecule has 0 spiro atoms. The van der Waals surface area contributed by atoms with Crippen molar-refractivity contribution in [3.8, 4) is 23.0 Å². The van der Waals surface area contributed by atoms with Crippen molar-refractivity contribution in [3.63, 3.8) is 0 Å². The van der Waals surface area contributed by atoms with Crippen LogP contribution in [0.15, 0.2) is 121 Å². The van der Waals surface area contributed by atoms with Crippen molar-refractivity contribution in [2.45, 2.75) is 38.5 Å². The Morgan fingerprint density at radius 3 is 1.10 bits per heavy atom. The normalized spacial score (nSPS) is 11.7. The molecule has 0 aliphatic heterocycles. The van der Waals surface area contributed by atoms with E-state index in [0.717, 1.165) is 33.8 Å². The summed E-state index contributed by atoms with van der Waals surface area (Å²) in [6, 6.07) is 40.0. The Labute approximate surface area is 237 Å². The van der Waals surface area contributed by atoms with Gasteiger partial charge in [-0.3, -0.25) is 0 Å². The third kappa shape index (κ3) is 5.13. The van der Waals surface area contributed by atoms with E-state index in [4.69, 9.17) is 20.9 Å². The fourth-order valence-electron chi connectivity index (χ4n) is 5.40. The summed E-state index contributed by atoms with van der Waals surface area (Å²) < 4.78 is 12.8. The van der Waals surface area contributed by atoms with Crippen molar-refractivity contribution >= 4 is 11.4 Å². The smallest absolute Gasteiger partial charge is 0.154 e. The maximum atomic E-state index is 6.51. The molecule has 0 aliphatic carbocycles. The number of rotatable bonds is 8. The highest BCUT2D eigenvalue weighted by Gasteiger charge is 2.36. The van der Waals surface area contributed by atoms with Gasteiger partial charge in [-0.15, -0.1) is 0 Å². The van der Waals surface area contributed by atoms with Gasteiger partial charge in [-0.2, -0.15) is 0 Å². The Bertz CT molecular complexity index is 1490. The Morgan fingerprint density at radius 2 is 0.725 bits per heavy atom. The van der Waals surface area contributed by atoms with E-state index in [2.05, 4.69) is 64.1 Å². The van der Waals surface area contributed by atoms with E-state index < -0.39 is 10.8 Å². The Morgan fingerprint density at radius 1 is 0.400 bits per heavy atom. The summed E-state index contributed by atoms with van der Waals surface area (Å²) in [4.78, 5) is 0. The summed E-state index contributed by atoms with van der Waals surface area (Å²) in [5, 5.41) is 0. The fourth-order valence-corrected chi connectivity index (χ4v) is 5.40. The molecule has 4 nitrogen and oxygen atoms in total. The second kappa shape index (κ2) is 10.8. The highest BCUT2D eigenvalue weighted by atomic mass is 16.5. The molecule has 5 aromatic carbocycles. The van der Waals surface area contributed by atoms with Crippen LogP contribution in [0.2, 0.25) is 0 Å². The first-order valence-corrected chi connectivity index (χ1v) is 13.5. The summed E-state index contributed by atoms with van der Waals surface area (Å²) in [7, 11) is 0. The molecule has 0 saturated heterocycles. The van der Waals surface area contributed by atoms with E-state index in [1.54, 1.807) is 0 Å². The second-order valence-corrected chi connectivity index (χ2v) is 11.1. The number of benzene rings is 5. The number of para-hydroxylation sites is 4. The standard InChI is InChI=1S/C36H36N2O2/c1-35(2,29-21-13-23-31(37)33(29)39-25-15-7-5-8-16-25)27-19-11-12-20-28(27)36(3,4)30-22-14-24-32(38)34(30)40-26-17-9-6-10-18-26/h5-24H,37-38H2,1-4H3. The lowest BCUT2D eigenvalue weighted by Crippen LogP contribution is -2.29. The molecule has 0 saturated carbocycles. The van der Waals surface area contributed by atoms with Gasteiger partial charge in [0.2, 0.25) is 0 Å². The van der Waals surface area contributed by atoms with Gasteiger partial charge < -0.3 is 20.9 Å². The lowest BCUT2D eigenvalue weighted by Gasteiger charge is -2.37. The fraction of sp³-hybridized carbons (Fsp3) is 0.167. The molecule has 0 amide bonds. The molecule has 5 aromatic rings. The van der Waals surface area contributed by atoms with Gasteiger partial charge in [0.05, 0.1) is 11.4 Å². The van der Waals surface area contributed by atoms with E-state index in [0.29, 0.717) is 22.9 Å². The van der Waals surface area contributed by atoms with Crippen LogP contribution in [0.25, 0.3) is 0 Å². The molecule has 0 radical (unpaired) electrons. The zero-order chi connectivity index (χ0) is 28.3. The molecule has 4 N–H and O–H groups in total. The zero-order valence-electron chi connectivity index (χ0n) is 23.5. The molecule has 4 heteroatoms. The molecular formula is C36H36N2O2. The van der Waals surface area contributed by atoms with Crippen LogP contribution in [0.4, 0.5) is 11.4 Å². The average molecular weight is 529 g/mol. The predicted octanol–water partition coefficient (Wildman–Crippen LogP) is 9.09. The van der Waals surface area contributed by atoms with Crippen molar-refractivity contribution < 1.29 is 9.47 Å². The van der Waals surface area contributed by atoms with Crippen LogP contribution in [0.5, 0.6) is 23.0 Å². The van der Waals surface area contributed by atoms with Crippen molar-refractivity contribution in [1.82, 2.24) is 0 Å². The summed E-state index contributed by atoms with van der Waals surface area (Å²) in [5.41, 5.74) is 17.7. The molecule has 202 valence electrons. The molecule has 40 heavy (non-hydrogen) atoms.